The minimum Gasteiger partial charge on any atom is -0.373 e. The Kier molecular flexibility index (Phi) is 2.29. The summed E-state index contributed by atoms with van der Waals surface area (Å²) in [5.74, 6) is 1.74. The third kappa shape index (κ3) is 1.71. The van der Waals surface area contributed by atoms with Gasteiger partial charge in [0, 0.05) is 26.3 Å². The summed E-state index contributed by atoms with van der Waals surface area (Å²) in [6.45, 7) is 2.18. The summed E-state index contributed by atoms with van der Waals surface area (Å²) in [4.78, 5) is 10.8. The van der Waals surface area contributed by atoms with E-state index < -0.39 is 0 Å². The van der Waals surface area contributed by atoms with Gasteiger partial charge in [0.25, 0.3) is 0 Å². The third-order valence-electron chi connectivity index (χ3n) is 2.29. The Morgan fingerprint density at radius 3 is 2.85 bits per heavy atom. The third-order valence-corrected chi connectivity index (χ3v) is 2.29. The number of nitrogens with zero attached hydrogens (tertiary/aromatic N) is 3. The van der Waals surface area contributed by atoms with E-state index in [-0.39, 0.29) is 0 Å². The molecular weight excluding hydrogens is 164 g/mol. The maximum absolute atomic E-state index is 4.38. The summed E-state index contributed by atoms with van der Waals surface area (Å²) in [5.41, 5.74) is 0. The SMILES string of the molecule is CNc1ccnc(N2CCCC2)n1. The molecule has 1 aromatic heterocycles. The Hall–Kier alpha value is -1.32. The van der Waals surface area contributed by atoms with Crippen LogP contribution < -0.4 is 10.2 Å². The van der Waals surface area contributed by atoms with Crippen LogP contribution in [0.5, 0.6) is 0 Å². The first-order valence-electron chi connectivity index (χ1n) is 4.66. The molecule has 0 spiro atoms. The molecule has 1 aliphatic heterocycles. The molecule has 4 nitrogen and oxygen atoms in total. The van der Waals surface area contributed by atoms with E-state index in [1.54, 1.807) is 6.20 Å². The minimum absolute atomic E-state index is 0.851. The van der Waals surface area contributed by atoms with Gasteiger partial charge in [0.05, 0.1) is 0 Å². The molecule has 1 aliphatic rings. The molecule has 0 aliphatic carbocycles. The zero-order valence-corrected chi connectivity index (χ0v) is 7.82. The number of rotatable bonds is 2. The van der Waals surface area contributed by atoms with Crippen molar-refractivity contribution in [3.8, 4) is 0 Å². The van der Waals surface area contributed by atoms with Gasteiger partial charge in [-0.05, 0) is 18.9 Å². The van der Waals surface area contributed by atoms with Gasteiger partial charge in [-0.25, -0.2) is 4.98 Å². The van der Waals surface area contributed by atoms with E-state index in [4.69, 9.17) is 0 Å². The Bertz CT molecular complexity index is 281. The lowest BCUT2D eigenvalue weighted by Gasteiger charge is -2.14. The summed E-state index contributed by atoms with van der Waals surface area (Å²) < 4.78 is 0. The number of hydrogen-bond acceptors (Lipinski definition) is 4. The summed E-state index contributed by atoms with van der Waals surface area (Å²) in [7, 11) is 1.87. The summed E-state index contributed by atoms with van der Waals surface area (Å²) in [6, 6.07) is 1.87. The number of hydrogen-bond donors (Lipinski definition) is 1. The minimum atomic E-state index is 0.851. The van der Waals surface area contributed by atoms with Gasteiger partial charge in [0.15, 0.2) is 0 Å². The van der Waals surface area contributed by atoms with Gasteiger partial charge in [-0.1, -0.05) is 0 Å². The fraction of sp³-hybridized carbons (Fsp3) is 0.556. The largest absolute Gasteiger partial charge is 0.373 e. The Balaban J connectivity index is 2.18. The fourth-order valence-corrected chi connectivity index (χ4v) is 1.56. The fourth-order valence-electron chi connectivity index (χ4n) is 1.56. The van der Waals surface area contributed by atoms with Gasteiger partial charge in [-0.15, -0.1) is 0 Å². The van der Waals surface area contributed by atoms with E-state index in [0.717, 1.165) is 24.9 Å². The Labute approximate surface area is 78.0 Å². The average molecular weight is 178 g/mol. The van der Waals surface area contributed by atoms with Crippen LogP contribution in [-0.4, -0.2) is 30.1 Å². The predicted octanol–water partition coefficient (Wildman–Crippen LogP) is 1.12. The molecule has 0 radical (unpaired) electrons. The maximum Gasteiger partial charge on any atom is 0.227 e. The van der Waals surface area contributed by atoms with Crippen LogP contribution in [-0.2, 0) is 0 Å². The lowest BCUT2D eigenvalue weighted by molar-refractivity contribution is 0.899. The number of aromatic nitrogens is 2. The van der Waals surface area contributed by atoms with Crippen LogP contribution in [0.2, 0.25) is 0 Å². The zero-order valence-electron chi connectivity index (χ0n) is 7.82. The quantitative estimate of drug-likeness (QED) is 0.736. The van der Waals surface area contributed by atoms with Crippen molar-refractivity contribution >= 4 is 11.8 Å². The molecule has 0 saturated carbocycles. The second-order valence-electron chi connectivity index (χ2n) is 3.19. The van der Waals surface area contributed by atoms with E-state index in [1.165, 1.54) is 12.8 Å². The highest BCUT2D eigenvalue weighted by Gasteiger charge is 2.14. The van der Waals surface area contributed by atoms with Gasteiger partial charge < -0.3 is 10.2 Å². The van der Waals surface area contributed by atoms with Crippen LogP contribution in [0.15, 0.2) is 12.3 Å². The van der Waals surface area contributed by atoms with Crippen molar-refractivity contribution in [2.24, 2.45) is 0 Å². The van der Waals surface area contributed by atoms with Gasteiger partial charge in [-0.3, -0.25) is 0 Å². The molecule has 2 rings (SSSR count). The highest BCUT2D eigenvalue weighted by atomic mass is 15.3. The normalized spacial score (nSPS) is 16.2. The van der Waals surface area contributed by atoms with E-state index >= 15 is 0 Å². The second-order valence-corrected chi connectivity index (χ2v) is 3.19. The summed E-state index contributed by atoms with van der Waals surface area (Å²) >= 11 is 0. The van der Waals surface area contributed by atoms with Crippen molar-refractivity contribution in [2.75, 3.05) is 30.4 Å². The van der Waals surface area contributed by atoms with Gasteiger partial charge in [0.1, 0.15) is 5.82 Å². The van der Waals surface area contributed by atoms with Crippen LogP contribution in [0.25, 0.3) is 0 Å². The van der Waals surface area contributed by atoms with Gasteiger partial charge in [0.2, 0.25) is 5.95 Å². The van der Waals surface area contributed by atoms with Crippen LogP contribution in [0.1, 0.15) is 12.8 Å². The molecule has 0 bridgehead atoms. The molecule has 70 valence electrons. The first-order valence-corrected chi connectivity index (χ1v) is 4.66. The van der Waals surface area contributed by atoms with Crippen molar-refractivity contribution in [2.45, 2.75) is 12.8 Å². The topological polar surface area (TPSA) is 41.1 Å². The molecule has 13 heavy (non-hydrogen) atoms. The lowest BCUT2D eigenvalue weighted by Crippen LogP contribution is -2.20. The first-order chi connectivity index (χ1) is 6.40. The smallest absolute Gasteiger partial charge is 0.227 e. The molecule has 1 saturated heterocycles. The average Bonchev–Trinajstić information content (AvgIpc) is 2.71. The van der Waals surface area contributed by atoms with Gasteiger partial charge in [-0.2, -0.15) is 4.98 Å². The van der Waals surface area contributed by atoms with Crippen molar-refractivity contribution in [3.63, 3.8) is 0 Å². The van der Waals surface area contributed by atoms with E-state index in [2.05, 4.69) is 20.2 Å². The Morgan fingerprint density at radius 2 is 2.15 bits per heavy atom. The molecule has 1 fully saturated rings. The number of nitrogens with one attached hydrogen (secondary N) is 1. The molecule has 1 N–H and O–H groups in total. The lowest BCUT2D eigenvalue weighted by atomic mass is 10.4. The second kappa shape index (κ2) is 3.60. The molecule has 0 unspecified atom stereocenters. The molecule has 0 atom stereocenters. The van der Waals surface area contributed by atoms with Crippen molar-refractivity contribution in [1.29, 1.82) is 0 Å². The van der Waals surface area contributed by atoms with Crippen LogP contribution in [0, 0.1) is 0 Å². The standard InChI is InChI=1S/C9H14N4/c1-10-8-4-5-11-9(12-8)13-6-2-3-7-13/h4-5H,2-3,6-7H2,1H3,(H,10,11,12). The van der Waals surface area contributed by atoms with E-state index in [0.29, 0.717) is 0 Å². The molecule has 4 heteroatoms. The van der Waals surface area contributed by atoms with Gasteiger partial charge >= 0.3 is 0 Å². The maximum atomic E-state index is 4.38. The summed E-state index contributed by atoms with van der Waals surface area (Å²) in [6.07, 6.45) is 4.31. The zero-order chi connectivity index (χ0) is 9.10. The molecule has 0 aromatic carbocycles. The predicted molar refractivity (Wildman–Crippen MR) is 53.0 cm³/mol. The Morgan fingerprint density at radius 1 is 1.38 bits per heavy atom. The van der Waals surface area contributed by atoms with E-state index in [1.807, 2.05) is 13.1 Å². The van der Waals surface area contributed by atoms with Crippen LogP contribution in [0.3, 0.4) is 0 Å². The molecular formula is C9H14N4. The highest BCUT2D eigenvalue weighted by Crippen LogP contribution is 2.16. The van der Waals surface area contributed by atoms with Crippen molar-refractivity contribution < 1.29 is 0 Å². The molecule has 2 heterocycles. The van der Waals surface area contributed by atoms with Crippen molar-refractivity contribution in [3.05, 3.63) is 12.3 Å². The van der Waals surface area contributed by atoms with Crippen molar-refractivity contribution in [1.82, 2.24) is 9.97 Å². The van der Waals surface area contributed by atoms with Crippen LogP contribution in [0.4, 0.5) is 11.8 Å². The highest BCUT2D eigenvalue weighted by molar-refractivity contribution is 5.41. The first kappa shape index (κ1) is 8.29. The van der Waals surface area contributed by atoms with E-state index in [9.17, 15) is 0 Å². The molecule has 0 amide bonds. The number of anilines is 2. The summed E-state index contributed by atoms with van der Waals surface area (Å²) in [5, 5.41) is 3.01. The van der Waals surface area contributed by atoms with Crippen LogP contribution >= 0.6 is 0 Å². The monoisotopic (exact) mass is 178 g/mol. The molecule has 1 aromatic rings.